The molecule has 0 aliphatic heterocycles. The van der Waals surface area contributed by atoms with E-state index in [1.165, 1.54) is 16.6 Å². The van der Waals surface area contributed by atoms with Crippen LogP contribution in [0.5, 0.6) is 5.75 Å². The summed E-state index contributed by atoms with van der Waals surface area (Å²) >= 11 is 3.19. The minimum atomic E-state index is -0.301. The predicted octanol–water partition coefficient (Wildman–Crippen LogP) is 3.64. The number of hydrogen-bond donors (Lipinski definition) is 1. The van der Waals surface area contributed by atoms with E-state index in [1.807, 2.05) is 24.3 Å². The summed E-state index contributed by atoms with van der Waals surface area (Å²) in [5, 5.41) is 1.93. The third kappa shape index (κ3) is 3.37. The summed E-state index contributed by atoms with van der Waals surface area (Å²) in [5.41, 5.74) is 7.47. The van der Waals surface area contributed by atoms with E-state index in [9.17, 15) is 4.79 Å². The lowest BCUT2D eigenvalue weighted by molar-refractivity contribution is -0.117. The molecule has 0 saturated carbocycles. The average molecular weight is 359 g/mol. The second-order valence-corrected chi connectivity index (χ2v) is 7.47. The van der Waals surface area contributed by atoms with E-state index in [4.69, 9.17) is 10.5 Å². The Morgan fingerprint density at radius 2 is 2.04 bits per heavy atom. The Balaban J connectivity index is 2.05. The third-order valence-corrected chi connectivity index (χ3v) is 5.60. The topological polar surface area (TPSA) is 78.1 Å². The van der Waals surface area contributed by atoms with Gasteiger partial charge in [0.2, 0.25) is 5.91 Å². The van der Waals surface area contributed by atoms with Gasteiger partial charge in [-0.1, -0.05) is 12.1 Å². The number of carbonyl (C=O) groups excluding carboxylic acids is 1. The summed E-state index contributed by atoms with van der Waals surface area (Å²) < 4.78 is 5.23. The zero-order chi connectivity index (χ0) is 17.1. The molecule has 2 heterocycles. The van der Waals surface area contributed by atoms with E-state index in [0.717, 1.165) is 32.1 Å². The first-order valence-electron chi connectivity index (χ1n) is 7.39. The number of aromatic nitrogens is 2. The van der Waals surface area contributed by atoms with Gasteiger partial charge in [-0.25, -0.2) is 9.97 Å². The lowest BCUT2D eigenvalue weighted by Crippen LogP contribution is -2.10. The fraction of sp³-hybridized carbons (Fsp3) is 0.235. The standard InChI is InChI=1S/C17H17N3O2S2/c1-10-14(11-3-5-12(22-2)6-4-11)15-16(23-8-7-13(18)21)19-9-20-17(15)24-10/h3-6,9H,7-8H2,1-2H3,(H2,18,21). The molecule has 0 unspecified atom stereocenters. The van der Waals surface area contributed by atoms with Crippen molar-refractivity contribution < 1.29 is 9.53 Å². The van der Waals surface area contributed by atoms with E-state index in [-0.39, 0.29) is 5.91 Å². The molecular weight excluding hydrogens is 342 g/mol. The molecule has 7 heteroatoms. The van der Waals surface area contributed by atoms with Crippen molar-refractivity contribution in [2.24, 2.45) is 5.73 Å². The Hall–Kier alpha value is -2.12. The van der Waals surface area contributed by atoms with E-state index in [2.05, 4.69) is 16.9 Å². The molecule has 3 aromatic rings. The molecule has 0 aliphatic rings. The van der Waals surface area contributed by atoms with E-state index in [1.54, 1.807) is 24.8 Å². The highest BCUT2D eigenvalue weighted by molar-refractivity contribution is 7.99. The maximum absolute atomic E-state index is 11.0. The van der Waals surface area contributed by atoms with E-state index < -0.39 is 0 Å². The van der Waals surface area contributed by atoms with Crippen LogP contribution in [0.3, 0.4) is 0 Å². The molecule has 0 radical (unpaired) electrons. The zero-order valence-electron chi connectivity index (χ0n) is 13.4. The zero-order valence-corrected chi connectivity index (χ0v) is 15.0. The lowest BCUT2D eigenvalue weighted by Gasteiger charge is -2.07. The number of thiophene rings is 1. The summed E-state index contributed by atoms with van der Waals surface area (Å²) in [6.07, 6.45) is 1.90. The van der Waals surface area contributed by atoms with Crippen molar-refractivity contribution in [1.29, 1.82) is 0 Å². The molecule has 2 aromatic heterocycles. The van der Waals surface area contributed by atoms with Crippen LogP contribution in [0.4, 0.5) is 0 Å². The highest BCUT2D eigenvalue weighted by Crippen LogP contribution is 2.41. The Morgan fingerprint density at radius 1 is 1.29 bits per heavy atom. The first-order chi connectivity index (χ1) is 11.6. The van der Waals surface area contributed by atoms with Crippen LogP contribution in [0.25, 0.3) is 21.3 Å². The summed E-state index contributed by atoms with van der Waals surface area (Å²) in [6, 6.07) is 7.97. The second kappa shape index (κ2) is 7.19. The van der Waals surface area contributed by atoms with Crippen LogP contribution in [0.1, 0.15) is 11.3 Å². The lowest BCUT2D eigenvalue weighted by atomic mass is 10.0. The number of fused-ring (bicyclic) bond motifs is 1. The van der Waals surface area contributed by atoms with Gasteiger partial charge in [-0.15, -0.1) is 23.1 Å². The van der Waals surface area contributed by atoms with Crippen LogP contribution in [0.2, 0.25) is 0 Å². The SMILES string of the molecule is COc1ccc(-c2c(C)sc3ncnc(SCCC(N)=O)c23)cc1. The van der Waals surface area contributed by atoms with Crippen molar-refractivity contribution >= 4 is 39.2 Å². The van der Waals surface area contributed by atoms with Crippen LogP contribution < -0.4 is 10.5 Å². The van der Waals surface area contributed by atoms with Gasteiger partial charge in [-0.2, -0.15) is 0 Å². The highest BCUT2D eigenvalue weighted by atomic mass is 32.2. The van der Waals surface area contributed by atoms with Crippen molar-refractivity contribution in [3.63, 3.8) is 0 Å². The normalized spacial score (nSPS) is 10.9. The number of rotatable bonds is 6. The molecule has 0 fully saturated rings. The van der Waals surface area contributed by atoms with Crippen molar-refractivity contribution in [2.45, 2.75) is 18.4 Å². The van der Waals surface area contributed by atoms with Gasteiger partial charge in [0.15, 0.2) is 0 Å². The third-order valence-electron chi connectivity index (χ3n) is 3.60. The molecule has 0 bridgehead atoms. The number of amides is 1. The largest absolute Gasteiger partial charge is 0.497 e. The van der Waals surface area contributed by atoms with Gasteiger partial charge in [0.1, 0.15) is 21.9 Å². The van der Waals surface area contributed by atoms with Crippen LogP contribution >= 0.6 is 23.1 Å². The Morgan fingerprint density at radius 3 is 2.71 bits per heavy atom. The van der Waals surface area contributed by atoms with Gasteiger partial charge >= 0.3 is 0 Å². The number of nitrogens with two attached hydrogens (primary N) is 1. The Bertz CT molecular complexity index is 875. The minimum Gasteiger partial charge on any atom is -0.497 e. The maximum atomic E-state index is 11.0. The molecule has 0 aliphatic carbocycles. The van der Waals surface area contributed by atoms with Crippen LogP contribution in [-0.2, 0) is 4.79 Å². The molecule has 124 valence electrons. The second-order valence-electron chi connectivity index (χ2n) is 5.19. The molecule has 1 amide bonds. The monoisotopic (exact) mass is 359 g/mol. The maximum Gasteiger partial charge on any atom is 0.218 e. The fourth-order valence-corrected chi connectivity index (χ4v) is 4.52. The van der Waals surface area contributed by atoms with Crippen LogP contribution in [0.15, 0.2) is 35.6 Å². The average Bonchev–Trinajstić information content (AvgIpc) is 2.91. The number of primary amides is 1. The van der Waals surface area contributed by atoms with Gasteiger partial charge in [-0.3, -0.25) is 4.79 Å². The van der Waals surface area contributed by atoms with E-state index >= 15 is 0 Å². The Labute approximate surface area is 148 Å². The molecule has 0 spiro atoms. The van der Waals surface area contributed by atoms with Crippen molar-refractivity contribution in [2.75, 3.05) is 12.9 Å². The number of ether oxygens (including phenoxy) is 1. The number of carbonyl (C=O) groups is 1. The summed E-state index contributed by atoms with van der Waals surface area (Å²) in [7, 11) is 1.65. The number of methoxy groups -OCH3 is 1. The minimum absolute atomic E-state index is 0.301. The van der Waals surface area contributed by atoms with Crippen molar-refractivity contribution in [1.82, 2.24) is 9.97 Å². The van der Waals surface area contributed by atoms with Gasteiger partial charge < -0.3 is 10.5 Å². The molecule has 0 atom stereocenters. The van der Waals surface area contributed by atoms with Gasteiger partial charge in [0.25, 0.3) is 0 Å². The quantitative estimate of drug-likeness (QED) is 0.537. The van der Waals surface area contributed by atoms with Gasteiger partial charge in [-0.05, 0) is 24.6 Å². The molecule has 0 saturated heterocycles. The predicted molar refractivity (Wildman–Crippen MR) is 98.7 cm³/mol. The highest BCUT2D eigenvalue weighted by Gasteiger charge is 2.17. The van der Waals surface area contributed by atoms with Crippen molar-refractivity contribution in [3.05, 3.63) is 35.5 Å². The number of benzene rings is 1. The molecular formula is C17H17N3O2S2. The fourth-order valence-electron chi connectivity index (χ4n) is 2.48. The molecule has 5 nitrogen and oxygen atoms in total. The van der Waals surface area contributed by atoms with E-state index in [0.29, 0.717) is 12.2 Å². The summed E-state index contributed by atoms with van der Waals surface area (Å²) in [5.74, 6) is 1.13. The summed E-state index contributed by atoms with van der Waals surface area (Å²) in [4.78, 5) is 21.9. The first-order valence-corrected chi connectivity index (χ1v) is 9.20. The molecule has 1 aromatic carbocycles. The van der Waals surface area contributed by atoms with Crippen LogP contribution in [-0.4, -0.2) is 28.7 Å². The number of hydrogen-bond acceptors (Lipinski definition) is 6. The number of nitrogens with zero attached hydrogens (tertiary/aromatic N) is 2. The molecule has 3 rings (SSSR count). The molecule has 2 N–H and O–H groups in total. The Kier molecular flexibility index (Phi) is 5.01. The molecule has 24 heavy (non-hydrogen) atoms. The van der Waals surface area contributed by atoms with Gasteiger partial charge in [0, 0.05) is 22.6 Å². The number of aryl methyl sites for hydroxylation is 1. The van der Waals surface area contributed by atoms with Crippen LogP contribution in [0, 0.1) is 6.92 Å². The van der Waals surface area contributed by atoms with Crippen molar-refractivity contribution in [3.8, 4) is 16.9 Å². The van der Waals surface area contributed by atoms with Gasteiger partial charge in [0.05, 0.1) is 12.5 Å². The number of thioether (sulfide) groups is 1. The first kappa shape index (κ1) is 16.7. The smallest absolute Gasteiger partial charge is 0.218 e. The summed E-state index contributed by atoms with van der Waals surface area (Å²) in [6.45, 7) is 2.09.